The van der Waals surface area contributed by atoms with E-state index in [2.05, 4.69) is 62.1 Å². The molecule has 3 aliphatic heterocycles. The number of aliphatic hydroxyl groups excluding tert-OH is 3. The lowest BCUT2D eigenvalue weighted by molar-refractivity contribution is 0.0580. The molecule has 3 fully saturated rings. The Hall–Kier alpha value is -9.72. The largest absolute Gasteiger partial charge is 0.396 e. The third-order valence-electron chi connectivity index (χ3n) is 18.8. The van der Waals surface area contributed by atoms with E-state index >= 15 is 0 Å². The van der Waals surface area contributed by atoms with Crippen molar-refractivity contribution in [1.82, 2.24) is 57.5 Å². The molecule has 9 aromatic heterocycles. The molecular formula is C73H100N18O12. The molecular weight excluding hydrogens is 1320 g/mol. The minimum atomic E-state index is -0.342. The number of fused-ring (bicyclic) bond motifs is 3. The number of carbonyl (C=O) groups is 3. The number of nitrogens with zero attached hydrogens (tertiary/aromatic N) is 12. The molecule has 1 unspecified atom stereocenters. The lowest BCUT2D eigenvalue weighted by Gasteiger charge is -2.24. The number of hydrogen-bond donors (Lipinski definition) is 9. The third-order valence-corrected chi connectivity index (χ3v) is 18.8. The molecule has 30 heteroatoms. The first-order valence-electron chi connectivity index (χ1n) is 34.8. The predicted octanol–water partition coefficient (Wildman–Crippen LogP) is 9.66. The number of nitrogens with one attached hydrogen (secondary N) is 6. The Bertz CT molecular complexity index is 4130. The summed E-state index contributed by atoms with van der Waals surface area (Å²) in [6.07, 6.45) is 17.8. The van der Waals surface area contributed by atoms with E-state index in [9.17, 15) is 44.1 Å². The minimum Gasteiger partial charge on any atom is -0.396 e. The normalized spacial score (nSPS) is 16.4. The average Bonchev–Trinajstić information content (AvgIpc) is 1.69. The quantitative estimate of drug-likeness (QED) is 0.0216. The van der Waals surface area contributed by atoms with E-state index in [1.807, 2.05) is 59.7 Å². The van der Waals surface area contributed by atoms with Gasteiger partial charge in [0.25, 0.3) is 16.7 Å². The number of aromatic nitrogens is 12. The van der Waals surface area contributed by atoms with Crippen LogP contribution in [0.5, 0.6) is 0 Å². The zero-order valence-electron chi connectivity index (χ0n) is 59.6. The van der Waals surface area contributed by atoms with Gasteiger partial charge in [0.05, 0.1) is 73.2 Å². The summed E-state index contributed by atoms with van der Waals surface area (Å²) in [5.41, 5.74) is 2.11. The molecule has 9 aromatic rings. The number of aliphatic hydroxyl groups is 3. The Labute approximate surface area is 597 Å². The van der Waals surface area contributed by atoms with Crippen molar-refractivity contribution < 1.29 is 43.9 Å². The molecule has 0 aliphatic carbocycles. The van der Waals surface area contributed by atoms with E-state index in [1.54, 1.807) is 103 Å². The fraction of sp³-hybridized carbons (Fsp3) is 0.507. The Kier molecular flexibility index (Phi) is 25.9. The van der Waals surface area contributed by atoms with Crippen LogP contribution in [0.25, 0.3) is 16.9 Å². The first-order chi connectivity index (χ1) is 49.0. The van der Waals surface area contributed by atoms with Crippen LogP contribution in [0, 0.1) is 16.2 Å². The molecule has 0 amide bonds. The van der Waals surface area contributed by atoms with Gasteiger partial charge in [-0.3, -0.25) is 28.8 Å². The van der Waals surface area contributed by atoms with Gasteiger partial charge in [0.1, 0.15) is 52.0 Å². The topological polar surface area (TPSA) is 368 Å². The summed E-state index contributed by atoms with van der Waals surface area (Å²) in [5, 5.41) is 60.0. The summed E-state index contributed by atoms with van der Waals surface area (Å²) in [5.74, 6) is 2.87. The van der Waals surface area contributed by atoms with Gasteiger partial charge in [-0.25, -0.2) is 15.0 Å². The monoisotopic (exact) mass is 1420 g/mol. The molecule has 12 heterocycles. The van der Waals surface area contributed by atoms with E-state index in [0.717, 1.165) is 58.3 Å². The second-order valence-corrected chi connectivity index (χ2v) is 28.3. The van der Waals surface area contributed by atoms with E-state index in [4.69, 9.17) is 14.2 Å². The van der Waals surface area contributed by atoms with E-state index in [-0.39, 0.29) is 115 Å². The number of rotatable bonds is 27. The van der Waals surface area contributed by atoms with Crippen LogP contribution >= 0.6 is 0 Å². The van der Waals surface area contributed by atoms with Crippen LogP contribution in [-0.4, -0.2) is 171 Å². The summed E-state index contributed by atoms with van der Waals surface area (Å²) < 4.78 is 26.5. The fourth-order valence-electron chi connectivity index (χ4n) is 12.1. The molecule has 0 radical (unpaired) electrons. The first kappa shape index (κ1) is 77.4. The number of ketones is 3. The van der Waals surface area contributed by atoms with Gasteiger partial charge >= 0.3 is 0 Å². The van der Waals surface area contributed by atoms with Gasteiger partial charge in [0.15, 0.2) is 34.3 Å². The minimum absolute atomic E-state index is 0. The Morgan fingerprint density at radius 1 is 0.466 bits per heavy atom. The highest BCUT2D eigenvalue weighted by Gasteiger charge is 2.28. The lowest BCUT2D eigenvalue weighted by Crippen LogP contribution is -2.31. The summed E-state index contributed by atoms with van der Waals surface area (Å²) in [7, 11) is 5.26. The van der Waals surface area contributed by atoms with Crippen LogP contribution in [0.15, 0.2) is 106 Å². The summed E-state index contributed by atoms with van der Waals surface area (Å²) in [4.78, 5) is 92.1. The van der Waals surface area contributed by atoms with Crippen molar-refractivity contribution in [1.29, 1.82) is 0 Å². The smallest absolute Gasteiger partial charge is 0.274 e. The van der Waals surface area contributed by atoms with Crippen LogP contribution in [-0.2, 0) is 14.2 Å². The molecule has 3 aliphatic rings. The number of hydrogen-bond acceptors (Lipinski definition) is 24. The van der Waals surface area contributed by atoms with Crippen molar-refractivity contribution in [3.8, 4) is 0 Å². The lowest BCUT2D eigenvalue weighted by atomic mass is 9.87. The van der Waals surface area contributed by atoms with Crippen LogP contribution < -0.4 is 48.6 Å². The molecule has 103 heavy (non-hydrogen) atoms. The highest BCUT2D eigenvalue weighted by molar-refractivity contribution is 6.03. The van der Waals surface area contributed by atoms with Crippen molar-refractivity contribution in [2.45, 2.75) is 144 Å². The van der Waals surface area contributed by atoms with Gasteiger partial charge in [-0.15, -0.1) is 0 Å². The second-order valence-electron chi connectivity index (χ2n) is 28.3. The van der Waals surface area contributed by atoms with Gasteiger partial charge in [-0.05, 0) is 110 Å². The number of pyridine rings is 3. The average molecular weight is 1420 g/mol. The van der Waals surface area contributed by atoms with Crippen molar-refractivity contribution >= 4 is 86.3 Å². The van der Waals surface area contributed by atoms with Gasteiger partial charge < -0.3 is 75.1 Å². The molecule has 0 aromatic carbocycles. The van der Waals surface area contributed by atoms with Crippen LogP contribution in [0.4, 0.5) is 52.0 Å². The van der Waals surface area contributed by atoms with Gasteiger partial charge in [0.2, 0.25) is 0 Å². The summed E-state index contributed by atoms with van der Waals surface area (Å²) >= 11 is 0. The highest BCUT2D eigenvalue weighted by atomic mass is 16.5. The van der Waals surface area contributed by atoms with Crippen LogP contribution in [0.1, 0.15) is 175 Å². The molecule has 30 nitrogen and oxygen atoms in total. The second kappa shape index (κ2) is 34.5. The third kappa shape index (κ3) is 18.8. The van der Waals surface area contributed by atoms with Crippen LogP contribution in [0.2, 0.25) is 0 Å². The van der Waals surface area contributed by atoms with E-state index in [0.29, 0.717) is 125 Å². The van der Waals surface area contributed by atoms with Crippen LogP contribution in [0.3, 0.4) is 0 Å². The summed E-state index contributed by atoms with van der Waals surface area (Å²) in [6, 6.07) is 15.9. The Morgan fingerprint density at radius 3 is 0.971 bits per heavy atom. The number of carbonyl (C=O) groups excluding carboxylic acids is 3. The maximum Gasteiger partial charge on any atom is 0.274 e. The molecule has 0 spiro atoms. The maximum absolute atomic E-state index is 13.1. The SMILES string of the molecule is C.CNc1cc(Nc2cccn(C3CCCOC3)c2=O)nc2c(C(=O)CCC(C)(C)CO)cnn12.CNc1cc(Nc2cccn([C@@H]3CCCOC3)c2=O)nc2c(C(=O)CCC(C)(C)CO)cnn12.CNc1cc(Nc2cccn([C@H]3CCCOC3)c2=O)nc2c(C(=O)CCC(C)(C)CO)cnn12. The number of Topliss-reactive ketones (excluding diaryl/α,β-unsaturated/α-hetero) is 3. The van der Waals surface area contributed by atoms with E-state index in [1.165, 1.54) is 18.6 Å². The van der Waals surface area contributed by atoms with Crippen molar-refractivity contribution in [2.24, 2.45) is 16.2 Å². The van der Waals surface area contributed by atoms with Crippen molar-refractivity contribution in [3.05, 3.63) is 140 Å². The predicted molar refractivity (Wildman–Crippen MR) is 397 cm³/mol. The summed E-state index contributed by atoms with van der Waals surface area (Å²) in [6.45, 7) is 15.3. The van der Waals surface area contributed by atoms with E-state index < -0.39 is 0 Å². The zero-order valence-corrected chi connectivity index (χ0v) is 59.6. The maximum atomic E-state index is 13.1. The molecule has 554 valence electrons. The number of ether oxygens (including phenoxy) is 3. The standard InChI is InChI=1S/3C24H32N6O4.CH4/c3*1-24(2,15-31)9-8-19(32)17-13-26-30-21(25-3)12-20(28-22(17)30)27-18-7-4-10-29(23(18)33)16-6-5-11-34-14-16;/h3*4,7,10,12-13,16,25,31H,5-6,8-9,11,14-15H2,1-3H3,(H,27,28);1H4/t2*16-;;/m10../s1. The molecule has 3 atom stereocenters. The number of anilines is 9. The van der Waals surface area contributed by atoms with Crippen molar-refractivity contribution in [2.75, 3.05) is 113 Å². The molecule has 0 bridgehead atoms. The molecule has 12 rings (SSSR count). The molecule has 9 N–H and O–H groups in total. The van der Waals surface area contributed by atoms with Gasteiger partial charge in [-0.1, -0.05) is 49.0 Å². The molecule has 0 saturated carbocycles. The highest BCUT2D eigenvalue weighted by Crippen LogP contribution is 2.31. The zero-order chi connectivity index (χ0) is 72.9. The van der Waals surface area contributed by atoms with Gasteiger partial charge in [0, 0.05) is 117 Å². The fourth-order valence-corrected chi connectivity index (χ4v) is 12.1. The first-order valence-corrected chi connectivity index (χ1v) is 34.8. The Morgan fingerprint density at radius 2 is 0.738 bits per heavy atom. The Balaban J connectivity index is 0.000000179. The van der Waals surface area contributed by atoms with Gasteiger partial charge in [-0.2, -0.15) is 28.8 Å². The van der Waals surface area contributed by atoms with Crippen molar-refractivity contribution in [3.63, 3.8) is 0 Å². The molecule has 3 saturated heterocycles.